The van der Waals surface area contributed by atoms with E-state index in [0.717, 1.165) is 16.7 Å². The summed E-state index contributed by atoms with van der Waals surface area (Å²) in [5.41, 5.74) is 9.25. The van der Waals surface area contributed by atoms with Gasteiger partial charge in [0, 0.05) is 13.1 Å². The Labute approximate surface area is 118 Å². The van der Waals surface area contributed by atoms with Crippen molar-refractivity contribution in [2.24, 2.45) is 0 Å². The minimum absolute atomic E-state index is 0.191. The van der Waals surface area contributed by atoms with E-state index < -0.39 is 10.0 Å². The molecule has 0 amide bonds. The molecule has 0 saturated carbocycles. The first kappa shape index (κ1) is 13.1. The number of hydrogen-bond acceptors (Lipinski definition) is 3. The molecule has 0 fully saturated rings. The van der Waals surface area contributed by atoms with E-state index in [4.69, 9.17) is 5.73 Å². The first-order valence-electron chi connectivity index (χ1n) is 6.41. The molecule has 0 unspecified atom stereocenters. The summed E-state index contributed by atoms with van der Waals surface area (Å²) >= 11 is 0. The van der Waals surface area contributed by atoms with Crippen LogP contribution in [0, 0.1) is 6.92 Å². The number of fused-ring (bicyclic) bond motifs is 1. The lowest BCUT2D eigenvalue weighted by atomic mass is 10.1. The molecule has 4 nitrogen and oxygen atoms in total. The van der Waals surface area contributed by atoms with Crippen LogP contribution in [0.1, 0.15) is 16.7 Å². The third kappa shape index (κ3) is 2.09. The Morgan fingerprint density at radius 2 is 1.65 bits per heavy atom. The van der Waals surface area contributed by atoms with Gasteiger partial charge in [0.05, 0.1) is 5.69 Å². The van der Waals surface area contributed by atoms with E-state index >= 15 is 0 Å². The van der Waals surface area contributed by atoms with Gasteiger partial charge in [-0.1, -0.05) is 30.3 Å². The number of nitrogens with two attached hydrogens (primary N) is 1. The predicted octanol–water partition coefficient (Wildman–Crippen LogP) is 2.28. The molecule has 0 bridgehead atoms. The lowest BCUT2D eigenvalue weighted by Gasteiger charge is -2.17. The Morgan fingerprint density at radius 1 is 1.05 bits per heavy atom. The summed E-state index contributed by atoms with van der Waals surface area (Å²) < 4.78 is 26.8. The molecule has 5 heteroatoms. The Balaban J connectivity index is 1.99. The van der Waals surface area contributed by atoms with E-state index in [-0.39, 0.29) is 4.90 Å². The Morgan fingerprint density at radius 3 is 2.20 bits per heavy atom. The summed E-state index contributed by atoms with van der Waals surface area (Å²) in [6.07, 6.45) is 0. The van der Waals surface area contributed by atoms with Gasteiger partial charge < -0.3 is 5.73 Å². The first-order chi connectivity index (χ1) is 9.48. The number of nitrogen functional groups attached to an aromatic ring is 1. The number of sulfonamides is 1. The molecular weight excluding hydrogens is 272 g/mol. The van der Waals surface area contributed by atoms with Crippen LogP contribution in [0.3, 0.4) is 0 Å². The smallest absolute Gasteiger partial charge is 0.245 e. The van der Waals surface area contributed by atoms with Gasteiger partial charge in [-0.25, -0.2) is 8.42 Å². The Kier molecular flexibility index (Phi) is 3.03. The molecule has 2 aromatic carbocycles. The van der Waals surface area contributed by atoms with E-state index in [0.29, 0.717) is 18.8 Å². The molecule has 20 heavy (non-hydrogen) atoms. The zero-order valence-electron chi connectivity index (χ0n) is 11.2. The maximum absolute atomic E-state index is 12.7. The molecule has 3 rings (SSSR count). The quantitative estimate of drug-likeness (QED) is 0.862. The van der Waals surface area contributed by atoms with Gasteiger partial charge >= 0.3 is 0 Å². The zero-order valence-corrected chi connectivity index (χ0v) is 12.0. The standard InChI is InChI=1S/C15H16N2O2S/c1-11-6-7-15(14(16)8-11)20(18,19)17-9-12-4-2-3-5-13(12)10-17/h2-8H,9-10,16H2,1H3. The lowest BCUT2D eigenvalue weighted by molar-refractivity contribution is 0.432. The minimum Gasteiger partial charge on any atom is -0.398 e. The largest absolute Gasteiger partial charge is 0.398 e. The summed E-state index contributed by atoms with van der Waals surface area (Å²) in [5, 5.41) is 0. The molecule has 1 heterocycles. The highest BCUT2D eigenvalue weighted by molar-refractivity contribution is 7.89. The predicted molar refractivity (Wildman–Crippen MR) is 78.5 cm³/mol. The number of hydrogen-bond donors (Lipinski definition) is 1. The summed E-state index contributed by atoms with van der Waals surface area (Å²) in [5.74, 6) is 0. The molecule has 1 aliphatic rings. The van der Waals surface area contributed by atoms with Gasteiger partial charge in [0.2, 0.25) is 10.0 Å². The van der Waals surface area contributed by atoms with Gasteiger partial charge in [0.25, 0.3) is 0 Å². The second kappa shape index (κ2) is 4.61. The van der Waals surface area contributed by atoms with Crippen molar-refractivity contribution in [3.8, 4) is 0 Å². The van der Waals surface area contributed by atoms with Crippen molar-refractivity contribution in [2.45, 2.75) is 24.9 Å². The average molecular weight is 288 g/mol. The van der Waals surface area contributed by atoms with Gasteiger partial charge in [-0.05, 0) is 35.7 Å². The molecule has 0 saturated heterocycles. The summed E-state index contributed by atoms with van der Waals surface area (Å²) in [6.45, 7) is 2.70. The topological polar surface area (TPSA) is 63.4 Å². The van der Waals surface area contributed by atoms with E-state index in [1.807, 2.05) is 31.2 Å². The molecule has 0 aliphatic carbocycles. The highest BCUT2D eigenvalue weighted by Gasteiger charge is 2.31. The van der Waals surface area contributed by atoms with Crippen LogP contribution in [0.5, 0.6) is 0 Å². The van der Waals surface area contributed by atoms with Gasteiger partial charge in [-0.15, -0.1) is 0 Å². The molecule has 0 aromatic heterocycles. The fourth-order valence-corrected chi connectivity index (χ4v) is 4.01. The number of nitrogens with zero attached hydrogens (tertiary/aromatic N) is 1. The molecular formula is C15H16N2O2S. The van der Waals surface area contributed by atoms with Gasteiger partial charge in [0.1, 0.15) is 4.90 Å². The van der Waals surface area contributed by atoms with Crippen molar-refractivity contribution in [1.82, 2.24) is 4.31 Å². The van der Waals surface area contributed by atoms with Crippen molar-refractivity contribution >= 4 is 15.7 Å². The molecule has 1 aliphatic heterocycles. The van der Waals surface area contributed by atoms with Crippen molar-refractivity contribution in [3.05, 3.63) is 59.2 Å². The minimum atomic E-state index is -3.55. The van der Waals surface area contributed by atoms with Crippen LogP contribution in [0.2, 0.25) is 0 Å². The number of rotatable bonds is 2. The van der Waals surface area contributed by atoms with E-state index in [2.05, 4.69) is 0 Å². The molecule has 104 valence electrons. The second-order valence-electron chi connectivity index (χ2n) is 5.08. The van der Waals surface area contributed by atoms with Gasteiger partial charge in [0.15, 0.2) is 0 Å². The first-order valence-corrected chi connectivity index (χ1v) is 7.85. The normalized spacial score (nSPS) is 15.2. The van der Waals surface area contributed by atoms with Crippen LogP contribution in [0.25, 0.3) is 0 Å². The van der Waals surface area contributed by atoms with Crippen LogP contribution in [-0.4, -0.2) is 12.7 Å². The monoisotopic (exact) mass is 288 g/mol. The van der Waals surface area contributed by atoms with Crippen LogP contribution >= 0.6 is 0 Å². The molecule has 2 aromatic rings. The highest BCUT2D eigenvalue weighted by atomic mass is 32.2. The van der Waals surface area contributed by atoms with E-state index in [1.165, 1.54) is 4.31 Å². The molecule has 0 radical (unpaired) electrons. The Bertz CT molecular complexity index is 744. The van der Waals surface area contributed by atoms with Gasteiger partial charge in [-0.3, -0.25) is 0 Å². The van der Waals surface area contributed by atoms with Crippen LogP contribution in [0.15, 0.2) is 47.4 Å². The fourth-order valence-electron chi connectivity index (χ4n) is 2.51. The van der Waals surface area contributed by atoms with Crippen LogP contribution in [0.4, 0.5) is 5.69 Å². The van der Waals surface area contributed by atoms with Crippen LogP contribution < -0.4 is 5.73 Å². The fraction of sp³-hybridized carbons (Fsp3) is 0.200. The second-order valence-corrected chi connectivity index (χ2v) is 6.99. The Hall–Kier alpha value is -1.85. The van der Waals surface area contributed by atoms with Gasteiger partial charge in [-0.2, -0.15) is 4.31 Å². The highest BCUT2D eigenvalue weighted by Crippen LogP contribution is 2.30. The summed E-state index contributed by atoms with van der Waals surface area (Å²) in [7, 11) is -3.55. The van der Waals surface area contributed by atoms with E-state index in [9.17, 15) is 8.42 Å². The molecule has 0 spiro atoms. The lowest BCUT2D eigenvalue weighted by Crippen LogP contribution is -2.26. The van der Waals surface area contributed by atoms with Crippen molar-refractivity contribution in [2.75, 3.05) is 5.73 Å². The summed E-state index contributed by atoms with van der Waals surface area (Å²) in [6, 6.07) is 12.8. The number of anilines is 1. The van der Waals surface area contributed by atoms with Crippen LogP contribution in [-0.2, 0) is 23.1 Å². The zero-order chi connectivity index (χ0) is 14.3. The van der Waals surface area contributed by atoms with Crippen molar-refractivity contribution < 1.29 is 8.42 Å². The molecule has 0 atom stereocenters. The maximum Gasteiger partial charge on any atom is 0.245 e. The van der Waals surface area contributed by atoms with Crippen molar-refractivity contribution in [1.29, 1.82) is 0 Å². The third-order valence-electron chi connectivity index (χ3n) is 3.59. The number of aryl methyl sites for hydroxylation is 1. The van der Waals surface area contributed by atoms with E-state index in [1.54, 1.807) is 18.2 Å². The number of benzene rings is 2. The average Bonchev–Trinajstić information content (AvgIpc) is 2.82. The third-order valence-corrected chi connectivity index (χ3v) is 5.46. The SMILES string of the molecule is Cc1ccc(S(=O)(=O)N2Cc3ccccc3C2)c(N)c1. The maximum atomic E-state index is 12.7. The molecule has 2 N–H and O–H groups in total. The van der Waals surface area contributed by atoms with Crippen molar-refractivity contribution in [3.63, 3.8) is 0 Å². The summed E-state index contributed by atoms with van der Waals surface area (Å²) in [4.78, 5) is 0.191.